The Labute approximate surface area is 76.7 Å². The summed E-state index contributed by atoms with van der Waals surface area (Å²) in [5, 5.41) is 7.60. The lowest BCUT2D eigenvalue weighted by Crippen LogP contribution is -2.09. The molecule has 0 fully saturated rings. The van der Waals surface area contributed by atoms with Crippen molar-refractivity contribution in [3.05, 3.63) is 11.4 Å². The second-order valence-electron chi connectivity index (χ2n) is 2.61. The third-order valence-corrected chi connectivity index (χ3v) is 1.82. The maximum Gasteiger partial charge on any atom is 0.172 e. The standard InChI is InChI=1S/C8H13N3O2/c1-3-8-7(6-12)9-10-11(8)4-5-13-2/h6H,3-5H2,1-2H3. The van der Waals surface area contributed by atoms with E-state index in [1.165, 1.54) is 0 Å². The lowest BCUT2D eigenvalue weighted by atomic mass is 10.3. The van der Waals surface area contributed by atoms with Gasteiger partial charge in [-0.1, -0.05) is 12.1 Å². The van der Waals surface area contributed by atoms with E-state index in [-0.39, 0.29) is 0 Å². The van der Waals surface area contributed by atoms with Gasteiger partial charge in [0.05, 0.1) is 18.8 Å². The Kier molecular flexibility index (Phi) is 3.57. The van der Waals surface area contributed by atoms with Gasteiger partial charge in [-0.2, -0.15) is 0 Å². The SMILES string of the molecule is CCc1c(C=O)nnn1CCOC. The maximum absolute atomic E-state index is 10.5. The molecule has 0 aliphatic heterocycles. The van der Waals surface area contributed by atoms with Gasteiger partial charge in [0, 0.05) is 7.11 Å². The normalized spacial score (nSPS) is 10.3. The van der Waals surface area contributed by atoms with Crippen LogP contribution in [0.25, 0.3) is 0 Å². The van der Waals surface area contributed by atoms with Crippen LogP contribution < -0.4 is 0 Å². The van der Waals surface area contributed by atoms with Crippen molar-refractivity contribution >= 4 is 6.29 Å². The zero-order valence-corrected chi connectivity index (χ0v) is 7.86. The van der Waals surface area contributed by atoms with E-state index in [1.807, 2.05) is 6.92 Å². The molecule has 13 heavy (non-hydrogen) atoms. The van der Waals surface area contributed by atoms with E-state index in [4.69, 9.17) is 4.74 Å². The molecule has 1 heterocycles. The lowest BCUT2D eigenvalue weighted by molar-refractivity contribution is 0.111. The average molecular weight is 183 g/mol. The molecule has 1 aromatic rings. The van der Waals surface area contributed by atoms with Crippen LogP contribution in [0.1, 0.15) is 23.1 Å². The van der Waals surface area contributed by atoms with E-state index in [2.05, 4.69) is 10.3 Å². The van der Waals surface area contributed by atoms with Crippen LogP contribution in [0.3, 0.4) is 0 Å². The van der Waals surface area contributed by atoms with Crippen LogP contribution in [0.4, 0.5) is 0 Å². The van der Waals surface area contributed by atoms with Crippen LogP contribution in [-0.2, 0) is 17.7 Å². The van der Waals surface area contributed by atoms with Crippen molar-refractivity contribution in [1.29, 1.82) is 0 Å². The molecule has 5 heteroatoms. The molecule has 0 aliphatic rings. The van der Waals surface area contributed by atoms with Crippen LogP contribution in [-0.4, -0.2) is 35.0 Å². The van der Waals surface area contributed by atoms with Crippen molar-refractivity contribution in [2.75, 3.05) is 13.7 Å². The third kappa shape index (κ3) is 2.12. The fraction of sp³-hybridized carbons (Fsp3) is 0.625. The molecule has 0 atom stereocenters. The van der Waals surface area contributed by atoms with Crippen molar-refractivity contribution in [2.45, 2.75) is 19.9 Å². The van der Waals surface area contributed by atoms with E-state index >= 15 is 0 Å². The summed E-state index contributed by atoms with van der Waals surface area (Å²) in [6.07, 6.45) is 1.49. The summed E-state index contributed by atoms with van der Waals surface area (Å²) in [5.74, 6) is 0. The summed E-state index contributed by atoms with van der Waals surface area (Å²) in [6, 6.07) is 0. The van der Waals surface area contributed by atoms with Crippen LogP contribution in [0.5, 0.6) is 0 Å². The van der Waals surface area contributed by atoms with Crippen molar-refractivity contribution in [3.8, 4) is 0 Å². The molecule has 0 N–H and O–H groups in total. The second-order valence-corrected chi connectivity index (χ2v) is 2.61. The molecule has 1 rings (SSSR count). The second kappa shape index (κ2) is 4.71. The van der Waals surface area contributed by atoms with Gasteiger partial charge in [-0.15, -0.1) is 5.10 Å². The van der Waals surface area contributed by atoms with Gasteiger partial charge in [-0.25, -0.2) is 4.68 Å². The number of methoxy groups -OCH3 is 1. The summed E-state index contributed by atoms with van der Waals surface area (Å²) in [6.45, 7) is 3.18. The largest absolute Gasteiger partial charge is 0.383 e. The number of rotatable bonds is 5. The molecular formula is C8H13N3O2. The molecule has 0 unspecified atom stereocenters. The fourth-order valence-electron chi connectivity index (χ4n) is 1.16. The van der Waals surface area contributed by atoms with Crippen molar-refractivity contribution in [2.24, 2.45) is 0 Å². The Hall–Kier alpha value is -1.23. The number of hydrogen-bond acceptors (Lipinski definition) is 4. The highest BCUT2D eigenvalue weighted by molar-refractivity contribution is 5.73. The molecule has 1 aromatic heterocycles. The predicted molar refractivity (Wildman–Crippen MR) is 46.7 cm³/mol. The van der Waals surface area contributed by atoms with Crippen LogP contribution in [0, 0.1) is 0 Å². The number of ether oxygens (including phenoxy) is 1. The van der Waals surface area contributed by atoms with Gasteiger partial charge in [0.2, 0.25) is 0 Å². The first-order valence-electron chi connectivity index (χ1n) is 4.20. The molecule has 0 spiro atoms. The topological polar surface area (TPSA) is 57.0 Å². The summed E-state index contributed by atoms with van der Waals surface area (Å²) in [5.41, 5.74) is 1.30. The van der Waals surface area contributed by atoms with Crippen molar-refractivity contribution < 1.29 is 9.53 Å². The Bertz CT molecular complexity index is 283. The van der Waals surface area contributed by atoms with E-state index in [1.54, 1.807) is 11.8 Å². The van der Waals surface area contributed by atoms with Gasteiger partial charge < -0.3 is 4.74 Å². The van der Waals surface area contributed by atoms with Crippen LogP contribution in [0.2, 0.25) is 0 Å². The van der Waals surface area contributed by atoms with E-state index in [9.17, 15) is 4.79 Å². The monoisotopic (exact) mass is 183 g/mol. The molecular weight excluding hydrogens is 170 g/mol. The number of carbonyl (C=O) groups is 1. The van der Waals surface area contributed by atoms with Crippen LogP contribution >= 0.6 is 0 Å². The summed E-state index contributed by atoms with van der Waals surface area (Å²) in [4.78, 5) is 10.5. The zero-order chi connectivity index (χ0) is 9.68. The lowest BCUT2D eigenvalue weighted by Gasteiger charge is -2.02. The Morgan fingerprint density at radius 3 is 2.92 bits per heavy atom. The average Bonchev–Trinajstić information content (AvgIpc) is 2.56. The van der Waals surface area contributed by atoms with Gasteiger partial charge in [-0.3, -0.25) is 4.79 Å². The molecule has 0 bridgehead atoms. The van der Waals surface area contributed by atoms with Crippen LogP contribution in [0.15, 0.2) is 0 Å². The molecule has 0 amide bonds. The van der Waals surface area contributed by atoms with Gasteiger partial charge in [0.25, 0.3) is 0 Å². The molecule has 0 radical (unpaired) electrons. The number of nitrogens with zero attached hydrogens (tertiary/aromatic N) is 3. The fourth-order valence-corrected chi connectivity index (χ4v) is 1.16. The number of aldehydes is 1. The first-order chi connectivity index (χ1) is 6.33. The summed E-state index contributed by atoms with van der Waals surface area (Å²) in [7, 11) is 1.63. The Morgan fingerprint density at radius 1 is 1.62 bits per heavy atom. The highest BCUT2D eigenvalue weighted by Gasteiger charge is 2.08. The maximum atomic E-state index is 10.5. The van der Waals surface area contributed by atoms with Gasteiger partial charge in [0.1, 0.15) is 5.69 Å². The molecule has 0 saturated heterocycles. The quantitative estimate of drug-likeness (QED) is 0.616. The van der Waals surface area contributed by atoms with E-state index in [0.29, 0.717) is 18.8 Å². The van der Waals surface area contributed by atoms with Gasteiger partial charge in [0.15, 0.2) is 6.29 Å². The van der Waals surface area contributed by atoms with Gasteiger partial charge >= 0.3 is 0 Å². The number of carbonyl (C=O) groups excluding carboxylic acids is 1. The molecule has 5 nitrogen and oxygen atoms in total. The Balaban J connectivity index is 2.81. The molecule has 0 aliphatic carbocycles. The van der Waals surface area contributed by atoms with E-state index in [0.717, 1.165) is 18.4 Å². The summed E-state index contributed by atoms with van der Waals surface area (Å²) < 4.78 is 6.61. The third-order valence-electron chi connectivity index (χ3n) is 1.82. The van der Waals surface area contributed by atoms with Gasteiger partial charge in [-0.05, 0) is 6.42 Å². The minimum absolute atomic E-state index is 0.429. The highest BCUT2D eigenvalue weighted by Crippen LogP contribution is 2.03. The molecule has 0 aromatic carbocycles. The number of aromatic nitrogens is 3. The van der Waals surface area contributed by atoms with E-state index < -0.39 is 0 Å². The first kappa shape index (κ1) is 9.85. The predicted octanol–water partition coefficient (Wildman–Crippen LogP) is 0.299. The minimum atomic E-state index is 0.429. The zero-order valence-electron chi connectivity index (χ0n) is 7.86. The molecule has 0 saturated carbocycles. The highest BCUT2D eigenvalue weighted by atomic mass is 16.5. The molecule has 72 valence electrons. The number of hydrogen-bond donors (Lipinski definition) is 0. The smallest absolute Gasteiger partial charge is 0.172 e. The first-order valence-corrected chi connectivity index (χ1v) is 4.20. The summed E-state index contributed by atoms with van der Waals surface area (Å²) >= 11 is 0. The Morgan fingerprint density at radius 2 is 2.38 bits per heavy atom. The minimum Gasteiger partial charge on any atom is -0.383 e. The van der Waals surface area contributed by atoms with Crippen molar-refractivity contribution in [3.63, 3.8) is 0 Å². The van der Waals surface area contributed by atoms with Crippen molar-refractivity contribution in [1.82, 2.24) is 15.0 Å².